The summed E-state index contributed by atoms with van der Waals surface area (Å²) in [6, 6.07) is 10.7. The number of hydroxylamine groups is 1. The maximum Gasteiger partial charge on any atom is 0.345 e. The molecule has 0 aliphatic carbocycles. The van der Waals surface area contributed by atoms with Gasteiger partial charge in [0.05, 0.1) is 5.69 Å². The summed E-state index contributed by atoms with van der Waals surface area (Å²) in [5.41, 5.74) is 3.37. The summed E-state index contributed by atoms with van der Waals surface area (Å²) in [4.78, 5) is 11.7. The first-order valence-electron chi connectivity index (χ1n) is 7.67. The topological polar surface area (TPSA) is 61.8 Å². The zero-order valence-electron chi connectivity index (χ0n) is 14.0. The number of nitrogens with zero attached hydrogens (tertiary/aromatic N) is 1. The Hall–Kier alpha value is -2.05. The standard InChI is InChI=1S/C18H21BrN2O3/c1-4-13-5-8-17(12(2)9-13)24-11-14-10-15(19)6-7-16(14)21(23)18(22)20-3/h5-10,23H,4,11H2,1-3H3,(H,20,22). The van der Waals surface area contributed by atoms with Gasteiger partial charge in [-0.3, -0.25) is 5.21 Å². The maximum atomic E-state index is 11.7. The van der Waals surface area contributed by atoms with E-state index < -0.39 is 6.03 Å². The molecule has 0 atom stereocenters. The molecule has 24 heavy (non-hydrogen) atoms. The molecule has 0 heterocycles. The van der Waals surface area contributed by atoms with E-state index in [0.717, 1.165) is 22.2 Å². The molecule has 0 spiro atoms. The number of carbonyl (C=O) groups is 1. The molecule has 0 unspecified atom stereocenters. The molecule has 0 saturated carbocycles. The van der Waals surface area contributed by atoms with E-state index in [1.807, 2.05) is 25.1 Å². The summed E-state index contributed by atoms with van der Waals surface area (Å²) in [6.07, 6.45) is 0.975. The lowest BCUT2D eigenvalue weighted by atomic mass is 10.1. The molecule has 2 amide bonds. The molecule has 2 aromatic rings. The molecule has 0 radical (unpaired) electrons. The number of nitrogens with one attached hydrogen (secondary N) is 1. The van der Waals surface area contributed by atoms with Gasteiger partial charge in [-0.1, -0.05) is 35.0 Å². The minimum absolute atomic E-state index is 0.231. The number of ether oxygens (including phenoxy) is 1. The highest BCUT2D eigenvalue weighted by atomic mass is 79.9. The van der Waals surface area contributed by atoms with Crippen LogP contribution in [0, 0.1) is 6.92 Å². The fourth-order valence-electron chi connectivity index (χ4n) is 2.34. The molecule has 0 saturated heterocycles. The van der Waals surface area contributed by atoms with Crippen molar-refractivity contribution in [3.8, 4) is 5.75 Å². The number of hydrogen-bond acceptors (Lipinski definition) is 3. The van der Waals surface area contributed by atoms with Gasteiger partial charge in [-0.2, -0.15) is 5.06 Å². The number of anilines is 1. The van der Waals surface area contributed by atoms with Crippen LogP contribution < -0.4 is 15.1 Å². The van der Waals surface area contributed by atoms with Gasteiger partial charge in [-0.05, 0) is 48.7 Å². The van der Waals surface area contributed by atoms with Crippen LogP contribution in [0.1, 0.15) is 23.6 Å². The van der Waals surface area contributed by atoms with Crippen molar-refractivity contribution < 1.29 is 14.7 Å². The molecule has 128 valence electrons. The summed E-state index contributed by atoms with van der Waals surface area (Å²) < 4.78 is 6.73. The van der Waals surface area contributed by atoms with Crippen LogP contribution in [0.5, 0.6) is 5.75 Å². The highest BCUT2D eigenvalue weighted by Crippen LogP contribution is 2.27. The predicted octanol–water partition coefficient (Wildman–Crippen LogP) is 4.43. The van der Waals surface area contributed by atoms with E-state index in [4.69, 9.17) is 4.74 Å². The van der Waals surface area contributed by atoms with E-state index in [0.29, 0.717) is 16.3 Å². The van der Waals surface area contributed by atoms with Gasteiger partial charge in [0.15, 0.2) is 0 Å². The first kappa shape index (κ1) is 18.3. The van der Waals surface area contributed by atoms with Crippen LogP contribution in [0.15, 0.2) is 40.9 Å². The van der Waals surface area contributed by atoms with Gasteiger partial charge in [-0.15, -0.1) is 0 Å². The molecule has 5 nitrogen and oxygen atoms in total. The number of rotatable bonds is 5. The van der Waals surface area contributed by atoms with Gasteiger partial charge in [0.2, 0.25) is 0 Å². The first-order valence-corrected chi connectivity index (χ1v) is 8.47. The number of urea groups is 1. The Morgan fingerprint density at radius 3 is 2.67 bits per heavy atom. The van der Waals surface area contributed by atoms with Crippen molar-refractivity contribution in [2.45, 2.75) is 26.9 Å². The van der Waals surface area contributed by atoms with Crippen molar-refractivity contribution >= 4 is 27.6 Å². The quantitative estimate of drug-likeness (QED) is 0.584. The molecule has 2 rings (SSSR count). The third-order valence-corrected chi connectivity index (χ3v) is 4.20. The largest absolute Gasteiger partial charge is 0.489 e. The second-order valence-electron chi connectivity index (χ2n) is 5.38. The monoisotopic (exact) mass is 392 g/mol. The van der Waals surface area contributed by atoms with Crippen molar-refractivity contribution in [2.24, 2.45) is 0 Å². The summed E-state index contributed by atoms with van der Waals surface area (Å²) in [5.74, 6) is 0.780. The van der Waals surface area contributed by atoms with Crippen molar-refractivity contribution in [1.82, 2.24) is 5.32 Å². The summed E-state index contributed by atoms with van der Waals surface area (Å²) in [6.45, 7) is 4.34. The highest BCUT2D eigenvalue weighted by molar-refractivity contribution is 9.10. The fourth-order valence-corrected chi connectivity index (χ4v) is 2.75. The Morgan fingerprint density at radius 1 is 1.29 bits per heavy atom. The summed E-state index contributed by atoms with van der Waals surface area (Å²) >= 11 is 3.40. The lowest BCUT2D eigenvalue weighted by Gasteiger charge is -2.19. The van der Waals surface area contributed by atoms with Crippen LogP contribution in [0.3, 0.4) is 0 Å². The number of amides is 2. The minimum Gasteiger partial charge on any atom is -0.489 e. The van der Waals surface area contributed by atoms with Gasteiger partial charge >= 0.3 is 6.03 Å². The molecule has 2 aromatic carbocycles. The lowest BCUT2D eigenvalue weighted by Crippen LogP contribution is -2.36. The Labute approximate surface area is 150 Å². The smallest absolute Gasteiger partial charge is 0.345 e. The Balaban J connectivity index is 2.23. The zero-order chi connectivity index (χ0) is 17.7. The Morgan fingerprint density at radius 2 is 2.04 bits per heavy atom. The normalized spacial score (nSPS) is 10.4. The zero-order valence-corrected chi connectivity index (χ0v) is 15.6. The van der Waals surface area contributed by atoms with Crippen LogP contribution >= 0.6 is 15.9 Å². The van der Waals surface area contributed by atoms with Crippen molar-refractivity contribution in [3.05, 3.63) is 57.6 Å². The number of halogens is 1. The molecule has 0 aliphatic heterocycles. The van der Waals surface area contributed by atoms with Crippen LogP contribution in [-0.4, -0.2) is 18.3 Å². The highest BCUT2D eigenvalue weighted by Gasteiger charge is 2.16. The molecule has 0 aliphatic rings. The number of hydrogen-bond donors (Lipinski definition) is 2. The molecule has 0 bridgehead atoms. The van der Waals surface area contributed by atoms with Gasteiger partial charge in [-0.25, -0.2) is 4.79 Å². The summed E-state index contributed by atoms with van der Waals surface area (Å²) in [5, 5.41) is 13.0. The van der Waals surface area contributed by atoms with Gasteiger partial charge in [0.1, 0.15) is 12.4 Å². The van der Waals surface area contributed by atoms with Crippen molar-refractivity contribution in [1.29, 1.82) is 0 Å². The predicted molar refractivity (Wildman–Crippen MR) is 97.8 cm³/mol. The maximum absolute atomic E-state index is 11.7. The molecular formula is C18H21BrN2O3. The third-order valence-electron chi connectivity index (χ3n) is 3.71. The summed E-state index contributed by atoms with van der Waals surface area (Å²) in [7, 11) is 1.46. The van der Waals surface area contributed by atoms with E-state index >= 15 is 0 Å². The molecule has 0 aromatic heterocycles. The Kier molecular flexibility index (Phi) is 6.23. The van der Waals surface area contributed by atoms with Gasteiger partial charge in [0, 0.05) is 17.1 Å². The van der Waals surface area contributed by atoms with E-state index in [1.54, 1.807) is 12.1 Å². The number of benzene rings is 2. The van der Waals surface area contributed by atoms with Crippen molar-refractivity contribution in [2.75, 3.05) is 12.1 Å². The van der Waals surface area contributed by atoms with Gasteiger partial charge in [0.25, 0.3) is 0 Å². The average Bonchev–Trinajstić information content (AvgIpc) is 2.59. The fraction of sp³-hybridized carbons (Fsp3) is 0.278. The van der Waals surface area contributed by atoms with E-state index in [9.17, 15) is 10.0 Å². The molecular weight excluding hydrogens is 372 g/mol. The first-order chi connectivity index (χ1) is 11.5. The lowest BCUT2D eigenvalue weighted by molar-refractivity contribution is 0.205. The van der Waals surface area contributed by atoms with Crippen LogP contribution in [0.25, 0.3) is 0 Å². The van der Waals surface area contributed by atoms with Crippen LogP contribution in [0.4, 0.5) is 10.5 Å². The molecule has 0 fully saturated rings. The average molecular weight is 393 g/mol. The van der Waals surface area contributed by atoms with E-state index in [2.05, 4.69) is 34.2 Å². The molecule has 6 heteroatoms. The number of carbonyl (C=O) groups excluding carboxylic acids is 1. The number of aryl methyl sites for hydroxylation is 2. The Bertz CT molecular complexity index is 734. The SMILES string of the molecule is CCc1ccc(OCc2cc(Br)ccc2N(O)C(=O)NC)c(C)c1. The second-order valence-corrected chi connectivity index (χ2v) is 6.30. The van der Waals surface area contributed by atoms with E-state index in [1.165, 1.54) is 12.6 Å². The van der Waals surface area contributed by atoms with E-state index in [-0.39, 0.29) is 6.61 Å². The molecule has 2 N–H and O–H groups in total. The second kappa shape index (κ2) is 8.17. The minimum atomic E-state index is -0.609. The van der Waals surface area contributed by atoms with Crippen LogP contribution in [0.2, 0.25) is 0 Å². The van der Waals surface area contributed by atoms with Gasteiger partial charge < -0.3 is 10.1 Å². The van der Waals surface area contributed by atoms with Crippen molar-refractivity contribution in [3.63, 3.8) is 0 Å². The van der Waals surface area contributed by atoms with Crippen LogP contribution in [-0.2, 0) is 13.0 Å². The third kappa shape index (κ3) is 4.27.